The van der Waals surface area contributed by atoms with Crippen molar-refractivity contribution in [3.05, 3.63) is 40.5 Å². The SMILES string of the molecule is Cn1nc(-c2ccc3[nH]c(=O)oc3c2)cc1C=O. The molecule has 1 aromatic carbocycles. The molecule has 0 unspecified atom stereocenters. The van der Waals surface area contributed by atoms with Crippen molar-refractivity contribution in [3.8, 4) is 11.3 Å². The Bertz CT molecular complexity index is 794. The number of fused-ring (bicyclic) bond motifs is 1. The summed E-state index contributed by atoms with van der Waals surface area (Å²) in [5.41, 5.74) is 3.03. The predicted octanol–water partition coefficient (Wildman–Crippen LogP) is 1.33. The van der Waals surface area contributed by atoms with E-state index >= 15 is 0 Å². The molecule has 0 aliphatic carbocycles. The lowest BCUT2D eigenvalue weighted by atomic mass is 10.1. The van der Waals surface area contributed by atoms with Gasteiger partial charge in [-0.15, -0.1) is 0 Å². The van der Waals surface area contributed by atoms with Gasteiger partial charge in [0, 0.05) is 12.6 Å². The number of carbonyl (C=O) groups excluding carboxylic acids is 1. The average molecular weight is 243 g/mol. The quantitative estimate of drug-likeness (QED) is 0.688. The van der Waals surface area contributed by atoms with Crippen LogP contribution in [-0.4, -0.2) is 21.1 Å². The zero-order valence-corrected chi connectivity index (χ0v) is 9.51. The van der Waals surface area contributed by atoms with Gasteiger partial charge in [-0.25, -0.2) is 4.79 Å². The first-order valence-electron chi connectivity index (χ1n) is 5.30. The van der Waals surface area contributed by atoms with Crippen LogP contribution in [0.25, 0.3) is 22.4 Å². The first kappa shape index (κ1) is 10.5. The van der Waals surface area contributed by atoms with E-state index in [0.29, 0.717) is 22.5 Å². The van der Waals surface area contributed by atoms with E-state index in [4.69, 9.17) is 4.42 Å². The van der Waals surface area contributed by atoms with Gasteiger partial charge in [-0.2, -0.15) is 5.10 Å². The van der Waals surface area contributed by atoms with Crippen LogP contribution in [0.5, 0.6) is 0 Å². The summed E-state index contributed by atoms with van der Waals surface area (Å²) in [4.78, 5) is 24.4. The minimum absolute atomic E-state index is 0.468. The Kier molecular flexibility index (Phi) is 2.16. The molecule has 18 heavy (non-hydrogen) atoms. The first-order valence-corrected chi connectivity index (χ1v) is 5.30. The molecule has 0 aliphatic heterocycles. The number of nitrogens with one attached hydrogen (secondary N) is 1. The van der Waals surface area contributed by atoms with Gasteiger partial charge in [0.1, 0.15) is 5.69 Å². The highest BCUT2D eigenvalue weighted by molar-refractivity contribution is 5.81. The smallest absolute Gasteiger partial charge is 0.408 e. The molecule has 0 bridgehead atoms. The van der Waals surface area contributed by atoms with Crippen LogP contribution in [0.1, 0.15) is 10.5 Å². The van der Waals surface area contributed by atoms with Gasteiger partial charge in [0.15, 0.2) is 11.9 Å². The van der Waals surface area contributed by atoms with Crippen LogP contribution in [0.15, 0.2) is 33.5 Å². The Hall–Kier alpha value is -2.63. The summed E-state index contributed by atoms with van der Waals surface area (Å²) in [5, 5.41) is 4.22. The molecule has 2 heterocycles. The third-order valence-electron chi connectivity index (χ3n) is 2.75. The van der Waals surface area contributed by atoms with Crippen molar-refractivity contribution in [2.24, 2.45) is 7.05 Å². The fraction of sp³-hybridized carbons (Fsp3) is 0.0833. The fourth-order valence-electron chi connectivity index (χ4n) is 1.84. The Morgan fingerprint density at radius 1 is 1.39 bits per heavy atom. The minimum atomic E-state index is -0.489. The average Bonchev–Trinajstić information content (AvgIpc) is 2.89. The van der Waals surface area contributed by atoms with Crippen LogP contribution in [0.2, 0.25) is 0 Å². The van der Waals surface area contributed by atoms with Gasteiger partial charge in [-0.1, -0.05) is 6.07 Å². The molecule has 0 atom stereocenters. The zero-order valence-electron chi connectivity index (χ0n) is 9.51. The van der Waals surface area contributed by atoms with E-state index in [1.54, 1.807) is 25.2 Å². The normalized spacial score (nSPS) is 10.9. The standard InChI is InChI=1S/C12H9N3O3/c1-15-8(6-16)5-10(14-15)7-2-3-9-11(4-7)18-12(17)13-9/h2-6H,1H3,(H,13,17). The number of H-pyrrole nitrogens is 1. The summed E-state index contributed by atoms with van der Waals surface area (Å²) in [7, 11) is 1.70. The minimum Gasteiger partial charge on any atom is -0.408 e. The lowest BCUT2D eigenvalue weighted by molar-refractivity contribution is 0.111. The molecule has 0 radical (unpaired) electrons. The number of nitrogens with zero attached hydrogens (tertiary/aromatic N) is 2. The molecule has 3 aromatic rings. The second-order valence-corrected chi connectivity index (χ2v) is 3.92. The van der Waals surface area contributed by atoms with E-state index in [1.807, 2.05) is 6.07 Å². The van der Waals surface area contributed by atoms with Crippen molar-refractivity contribution in [3.63, 3.8) is 0 Å². The molecule has 90 valence electrons. The second-order valence-electron chi connectivity index (χ2n) is 3.92. The molecule has 3 rings (SSSR count). The van der Waals surface area contributed by atoms with Gasteiger partial charge in [-0.3, -0.25) is 14.5 Å². The molecule has 1 N–H and O–H groups in total. The third-order valence-corrected chi connectivity index (χ3v) is 2.75. The van der Waals surface area contributed by atoms with Crippen molar-refractivity contribution < 1.29 is 9.21 Å². The lowest BCUT2D eigenvalue weighted by Crippen LogP contribution is -1.95. The van der Waals surface area contributed by atoms with Gasteiger partial charge in [-0.05, 0) is 18.2 Å². The van der Waals surface area contributed by atoms with Gasteiger partial charge < -0.3 is 4.42 Å². The Morgan fingerprint density at radius 2 is 2.22 bits per heavy atom. The molecule has 0 saturated heterocycles. The van der Waals surface area contributed by atoms with Crippen LogP contribution in [-0.2, 0) is 7.05 Å². The van der Waals surface area contributed by atoms with E-state index in [9.17, 15) is 9.59 Å². The Morgan fingerprint density at radius 3 is 2.94 bits per heavy atom. The summed E-state index contributed by atoms with van der Waals surface area (Å²) in [6.07, 6.45) is 0.742. The number of rotatable bonds is 2. The van der Waals surface area contributed by atoms with Crippen LogP contribution < -0.4 is 5.76 Å². The zero-order chi connectivity index (χ0) is 12.7. The van der Waals surface area contributed by atoms with Gasteiger partial charge in [0.05, 0.1) is 11.2 Å². The molecule has 0 fully saturated rings. The van der Waals surface area contributed by atoms with Crippen LogP contribution in [0.3, 0.4) is 0 Å². The summed E-state index contributed by atoms with van der Waals surface area (Å²) in [5.74, 6) is -0.489. The maximum Gasteiger partial charge on any atom is 0.417 e. The van der Waals surface area contributed by atoms with Crippen molar-refractivity contribution in [1.29, 1.82) is 0 Å². The van der Waals surface area contributed by atoms with Gasteiger partial charge in [0.2, 0.25) is 0 Å². The number of aryl methyl sites for hydroxylation is 1. The number of carbonyl (C=O) groups is 1. The molecular formula is C12H9N3O3. The maximum absolute atomic E-state index is 11.1. The number of hydrogen-bond donors (Lipinski definition) is 1. The third kappa shape index (κ3) is 1.55. The van der Waals surface area contributed by atoms with Crippen molar-refractivity contribution in [2.45, 2.75) is 0 Å². The summed E-state index contributed by atoms with van der Waals surface area (Å²) in [6.45, 7) is 0. The van der Waals surface area contributed by atoms with Gasteiger partial charge in [0.25, 0.3) is 0 Å². The van der Waals surface area contributed by atoms with Crippen molar-refractivity contribution in [2.75, 3.05) is 0 Å². The Balaban J connectivity index is 2.17. The van der Waals surface area contributed by atoms with Crippen LogP contribution in [0.4, 0.5) is 0 Å². The summed E-state index contributed by atoms with van der Waals surface area (Å²) in [6, 6.07) is 6.94. The number of hydrogen-bond acceptors (Lipinski definition) is 4. The number of aromatic nitrogens is 3. The number of oxazole rings is 1. The molecule has 2 aromatic heterocycles. The fourth-order valence-corrected chi connectivity index (χ4v) is 1.84. The molecule has 6 heteroatoms. The molecule has 6 nitrogen and oxygen atoms in total. The summed E-state index contributed by atoms with van der Waals surface area (Å²) < 4.78 is 6.48. The van der Waals surface area contributed by atoms with Crippen molar-refractivity contribution in [1.82, 2.24) is 14.8 Å². The highest BCUT2D eigenvalue weighted by Gasteiger charge is 2.08. The Labute approximate surface area is 101 Å². The predicted molar refractivity (Wildman–Crippen MR) is 64.4 cm³/mol. The largest absolute Gasteiger partial charge is 0.417 e. The number of aromatic amines is 1. The monoisotopic (exact) mass is 243 g/mol. The van der Waals surface area contributed by atoms with E-state index in [1.165, 1.54) is 4.68 Å². The second kappa shape index (κ2) is 3.69. The molecule has 0 saturated carbocycles. The van der Waals surface area contributed by atoms with Crippen LogP contribution >= 0.6 is 0 Å². The number of aldehydes is 1. The molecule has 0 spiro atoms. The van der Waals surface area contributed by atoms with E-state index in [-0.39, 0.29) is 0 Å². The van der Waals surface area contributed by atoms with Gasteiger partial charge >= 0.3 is 5.76 Å². The maximum atomic E-state index is 11.1. The van der Waals surface area contributed by atoms with E-state index in [0.717, 1.165) is 11.8 Å². The summed E-state index contributed by atoms with van der Waals surface area (Å²) >= 11 is 0. The topological polar surface area (TPSA) is 80.9 Å². The van der Waals surface area contributed by atoms with E-state index < -0.39 is 5.76 Å². The van der Waals surface area contributed by atoms with Crippen molar-refractivity contribution >= 4 is 17.4 Å². The molecule has 0 aliphatic rings. The first-order chi connectivity index (χ1) is 8.67. The molecule has 0 amide bonds. The highest BCUT2D eigenvalue weighted by atomic mass is 16.4. The lowest BCUT2D eigenvalue weighted by Gasteiger charge is -1.95. The highest BCUT2D eigenvalue weighted by Crippen LogP contribution is 2.22. The number of benzene rings is 1. The molecular weight excluding hydrogens is 234 g/mol. The van der Waals surface area contributed by atoms with Crippen LogP contribution in [0, 0.1) is 0 Å². The van der Waals surface area contributed by atoms with E-state index in [2.05, 4.69) is 10.1 Å².